The van der Waals surface area contributed by atoms with Crippen molar-refractivity contribution in [2.75, 3.05) is 17.7 Å². The van der Waals surface area contributed by atoms with Crippen molar-refractivity contribution in [3.05, 3.63) is 72.1 Å². The number of hydrogen-bond donors (Lipinski definition) is 1. The minimum Gasteiger partial charge on any atom is -0.493 e. The second-order valence-corrected chi connectivity index (χ2v) is 9.18. The van der Waals surface area contributed by atoms with E-state index in [1.807, 2.05) is 72.3 Å². The number of allylic oxidation sites excluding steroid dienone is 1. The molecule has 0 radical (unpaired) electrons. The molecule has 4 rings (SSSR count). The lowest BCUT2D eigenvalue weighted by molar-refractivity contribution is -0.113. The zero-order valence-corrected chi connectivity index (χ0v) is 20.7. The van der Waals surface area contributed by atoms with E-state index in [0.29, 0.717) is 29.3 Å². The molecule has 2 aromatic carbocycles. The highest BCUT2D eigenvalue weighted by Crippen LogP contribution is 2.31. The summed E-state index contributed by atoms with van der Waals surface area (Å²) in [6.07, 6.45) is 1.78. The first kappa shape index (κ1) is 23.7. The molecular formula is C25H25N5O2S2. The molecule has 7 nitrogen and oxygen atoms in total. The molecule has 4 aromatic rings. The number of nitrogens with one attached hydrogen (secondary N) is 1. The maximum atomic E-state index is 12.6. The van der Waals surface area contributed by atoms with Crippen LogP contribution in [0.25, 0.3) is 22.6 Å². The van der Waals surface area contributed by atoms with Crippen molar-refractivity contribution in [1.82, 2.24) is 19.7 Å². The second kappa shape index (κ2) is 11.1. The Bertz CT molecular complexity index is 1280. The molecule has 1 amide bonds. The van der Waals surface area contributed by atoms with E-state index in [4.69, 9.17) is 4.74 Å². The van der Waals surface area contributed by atoms with Gasteiger partial charge in [0.25, 0.3) is 0 Å². The molecule has 0 aliphatic rings. The monoisotopic (exact) mass is 491 g/mol. The molecule has 1 N–H and O–H groups in total. The van der Waals surface area contributed by atoms with Gasteiger partial charge in [-0.25, -0.2) is 4.98 Å². The van der Waals surface area contributed by atoms with Gasteiger partial charge in [0.1, 0.15) is 5.75 Å². The van der Waals surface area contributed by atoms with E-state index in [0.717, 1.165) is 22.6 Å². The number of carbonyl (C=O) groups excluding carboxylic acids is 1. The average molecular weight is 492 g/mol. The predicted molar refractivity (Wildman–Crippen MR) is 138 cm³/mol. The van der Waals surface area contributed by atoms with Crippen molar-refractivity contribution in [2.24, 2.45) is 0 Å². The number of anilines is 1. The zero-order chi connectivity index (χ0) is 23.9. The maximum absolute atomic E-state index is 12.6. The van der Waals surface area contributed by atoms with Crippen LogP contribution in [0.3, 0.4) is 0 Å². The van der Waals surface area contributed by atoms with Crippen molar-refractivity contribution in [3.8, 4) is 28.4 Å². The van der Waals surface area contributed by atoms with Crippen LogP contribution in [0.5, 0.6) is 5.75 Å². The minimum atomic E-state index is -0.153. The SMILES string of the molecule is C=CCn1c(SCC(=O)Nc2nc(-c3ccc(C)cc3)cs2)nnc1-c1ccccc1OCC. The molecule has 9 heteroatoms. The van der Waals surface area contributed by atoms with Crippen LogP contribution in [0.15, 0.2) is 71.7 Å². The van der Waals surface area contributed by atoms with Gasteiger partial charge in [-0.1, -0.05) is 59.8 Å². The molecule has 0 saturated carbocycles. The lowest BCUT2D eigenvalue weighted by atomic mass is 10.1. The first-order valence-electron chi connectivity index (χ1n) is 10.8. The van der Waals surface area contributed by atoms with Crippen molar-refractivity contribution in [1.29, 1.82) is 0 Å². The molecule has 0 unspecified atom stereocenters. The third-order valence-electron chi connectivity index (χ3n) is 4.89. The lowest BCUT2D eigenvalue weighted by Crippen LogP contribution is -2.14. The molecular weight excluding hydrogens is 466 g/mol. The Morgan fingerprint density at radius 1 is 1.21 bits per heavy atom. The smallest absolute Gasteiger partial charge is 0.236 e. The highest BCUT2D eigenvalue weighted by molar-refractivity contribution is 7.99. The Balaban J connectivity index is 1.44. The van der Waals surface area contributed by atoms with Gasteiger partial charge in [-0.3, -0.25) is 9.36 Å². The maximum Gasteiger partial charge on any atom is 0.236 e. The molecule has 0 fully saturated rings. The molecule has 0 spiro atoms. The Kier molecular flexibility index (Phi) is 7.76. The number of carbonyl (C=O) groups is 1. The Hall–Kier alpha value is -3.43. The molecule has 0 aliphatic carbocycles. The summed E-state index contributed by atoms with van der Waals surface area (Å²) in [5.74, 6) is 1.45. The minimum absolute atomic E-state index is 0.153. The molecule has 174 valence electrons. The summed E-state index contributed by atoms with van der Waals surface area (Å²) >= 11 is 2.72. The van der Waals surface area contributed by atoms with Crippen LogP contribution < -0.4 is 10.1 Å². The number of ether oxygens (including phenoxy) is 1. The summed E-state index contributed by atoms with van der Waals surface area (Å²) in [5, 5.41) is 14.7. The number of benzene rings is 2. The Morgan fingerprint density at radius 2 is 2.00 bits per heavy atom. The summed E-state index contributed by atoms with van der Waals surface area (Å²) in [4.78, 5) is 17.1. The van der Waals surface area contributed by atoms with E-state index in [2.05, 4.69) is 27.1 Å². The lowest BCUT2D eigenvalue weighted by Gasteiger charge is -2.11. The molecule has 0 bridgehead atoms. The third-order valence-corrected chi connectivity index (χ3v) is 6.61. The van der Waals surface area contributed by atoms with E-state index < -0.39 is 0 Å². The summed E-state index contributed by atoms with van der Waals surface area (Å²) in [6, 6.07) is 15.9. The fourth-order valence-electron chi connectivity index (χ4n) is 3.29. The van der Waals surface area contributed by atoms with Crippen LogP contribution in [0.4, 0.5) is 5.13 Å². The van der Waals surface area contributed by atoms with E-state index in [9.17, 15) is 4.79 Å². The van der Waals surface area contributed by atoms with E-state index in [1.54, 1.807) is 6.08 Å². The van der Waals surface area contributed by atoms with Gasteiger partial charge in [0.15, 0.2) is 16.1 Å². The van der Waals surface area contributed by atoms with Crippen LogP contribution in [0.1, 0.15) is 12.5 Å². The Morgan fingerprint density at radius 3 is 2.76 bits per heavy atom. The van der Waals surface area contributed by atoms with Gasteiger partial charge in [-0.05, 0) is 26.0 Å². The fourth-order valence-corrected chi connectivity index (χ4v) is 4.78. The van der Waals surface area contributed by atoms with Crippen molar-refractivity contribution < 1.29 is 9.53 Å². The molecule has 2 heterocycles. The highest BCUT2D eigenvalue weighted by atomic mass is 32.2. The topological polar surface area (TPSA) is 81.9 Å². The van der Waals surface area contributed by atoms with E-state index in [-0.39, 0.29) is 11.7 Å². The molecule has 0 atom stereocenters. The Labute approximate surface area is 206 Å². The van der Waals surface area contributed by atoms with Gasteiger partial charge in [-0.2, -0.15) is 0 Å². The number of nitrogens with zero attached hydrogens (tertiary/aromatic N) is 4. The quantitative estimate of drug-likeness (QED) is 0.227. The summed E-state index contributed by atoms with van der Waals surface area (Å²) in [5.41, 5.74) is 3.91. The van der Waals surface area contributed by atoms with Gasteiger partial charge < -0.3 is 10.1 Å². The third kappa shape index (κ3) is 5.55. The largest absolute Gasteiger partial charge is 0.493 e. The van der Waals surface area contributed by atoms with Gasteiger partial charge in [0, 0.05) is 17.5 Å². The van der Waals surface area contributed by atoms with Crippen LogP contribution >= 0.6 is 23.1 Å². The highest BCUT2D eigenvalue weighted by Gasteiger charge is 2.18. The van der Waals surface area contributed by atoms with Gasteiger partial charge >= 0.3 is 0 Å². The van der Waals surface area contributed by atoms with Crippen LogP contribution in [0, 0.1) is 6.92 Å². The number of rotatable bonds is 10. The van der Waals surface area contributed by atoms with Gasteiger partial charge in [0.2, 0.25) is 5.91 Å². The summed E-state index contributed by atoms with van der Waals surface area (Å²) in [7, 11) is 0. The normalized spacial score (nSPS) is 10.8. The summed E-state index contributed by atoms with van der Waals surface area (Å²) in [6.45, 7) is 8.90. The van der Waals surface area contributed by atoms with Gasteiger partial charge in [0.05, 0.1) is 23.6 Å². The van der Waals surface area contributed by atoms with E-state index in [1.165, 1.54) is 28.7 Å². The molecule has 0 aliphatic heterocycles. The number of aryl methyl sites for hydroxylation is 1. The van der Waals surface area contributed by atoms with Crippen molar-refractivity contribution in [3.63, 3.8) is 0 Å². The van der Waals surface area contributed by atoms with Crippen molar-refractivity contribution in [2.45, 2.75) is 25.5 Å². The summed E-state index contributed by atoms with van der Waals surface area (Å²) < 4.78 is 7.69. The van der Waals surface area contributed by atoms with Crippen LogP contribution in [0.2, 0.25) is 0 Å². The average Bonchev–Trinajstić information content (AvgIpc) is 3.46. The predicted octanol–water partition coefficient (Wildman–Crippen LogP) is 5.69. The number of para-hydroxylation sites is 1. The first-order valence-corrected chi connectivity index (χ1v) is 12.7. The number of amides is 1. The number of thioether (sulfide) groups is 1. The van der Waals surface area contributed by atoms with Crippen LogP contribution in [-0.2, 0) is 11.3 Å². The molecule has 0 saturated heterocycles. The van der Waals surface area contributed by atoms with Crippen LogP contribution in [-0.4, -0.2) is 38.0 Å². The van der Waals surface area contributed by atoms with Gasteiger partial charge in [-0.15, -0.1) is 28.1 Å². The first-order chi connectivity index (χ1) is 16.6. The number of thiazole rings is 1. The standard InChI is InChI=1S/C25H25N5O2S2/c1-4-14-30-23(19-8-6-7-9-21(19)32-5-2)28-29-25(30)34-16-22(31)27-24-26-20(15-33-24)18-12-10-17(3)11-13-18/h4,6-13,15H,1,5,14,16H2,2-3H3,(H,26,27,31). The number of hydrogen-bond acceptors (Lipinski definition) is 7. The number of aromatic nitrogens is 4. The van der Waals surface area contributed by atoms with Crippen molar-refractivity contribution >= 4 is 34.1 Å². The molecule has 2 aromatic heterocycles. The van der Waals surface area contributed by atoms with E-state index >= 15 is 0 Å². The second-order valence-electron chi connectivity index (χ2n) is 7.38. The zero-order valence-electron chi connectivity index (χ0n) is 19.0. The molecule has 34 heavy (non-hydrogen) atoms. The fraction of sp³-hybridized carbons (Fsp3) is 0.200.